The van der Waals surface area contributed by atoms with Gasteiger partial charge in [0.2, 0.25) is 5.91 Å². The van der Waals surface area contributed by atoms with Crippen LogP contribution in [0.5, 0.6) is 0 Å². The molecule has 0 unspecified atom stereocenters. The number of carbonyl (C=O) groups excluding carboxylic acids is 1. The molecular formula is C13H24N6O2. The number of aromatic nitrogens is 2. The molecule has 1 aromatic heterocycles. The zero-order valence-electron chi connectivity index (χ0n) is 13.1. The number of likely N-dealkylation sites (N-methyl/N-ethyl adjacent to an activating group) is 2. The van der Waals surface area contributed by atoms with Gasteiger partial charge >= 0.3 is 0 Å². The summed E-state index contributed by atoms with van der Waals surface area (Å²) in [5, 5.41) is 0. The second kappa shape index (κ2) is 8.38. The highest BCUT2D eigenvalue weighted by atomic mass is 16.5. The number of hydrogen-bond donors (Lipinski definition) is 2. The summed E-state index contributed by atoms with van der Waals surface area (Å²) in [7, 11) is 3.45. The lowest BCUT2D eigenvalue weighted by molar-refractivity contribution is -0.127. The van der Waals surface area contributed by atoms with Gasteiger partial charge in [-0.15, -0.1) is 0 Å². The number of nitrogens with zero attached hydrogens (tertiary/aromatic N) is 4. The maximum Gasteiger partial charge on any atom is 0.241 e. The van der Waals surface area contributed by atoms with Crippen molar-refractivity contribution in [2.24, 2.45) is 5.84 Å². The summed E-state index contributed by atoms with van der Waals surface area (Å²) in [6, 6.07) is 1.71. The van der Waals surface area contributed by atoms with Crippen molar-refractivity contribution >= 4 is 17.5 Å². The monoisotopic (exact) mass is 296 g/mol. The predicted molar refractivity (Wildman–Crippen MR) is 81.8 cm³/mol. The van der Waals surface area contributed by atoms with Crippen molar-refractivity contribution in [2.75, 3.05) is 44.1 Å². The van der Waals surface area contributed by atoms with E-state index in [9.17, 15) is 4.79 Å². The van der Waals surface area contributed by atoms with Crippen molar-refractivity contribution in [1.82, 2.24) is 14.9 Å². The van der Waals surface area contributed by atoms with Gasteiger partial charge in [-0.2, -0.15) is 0 Å². The van der Waals surface area contributed by atoms with E-state index >= 15 is 0 Å². The fraction of sp³-hybridized carbons (Fsp3) is 0.615. The van der Waals surface area contributed by atoms with Gasteiger partial charge in [-0.05, 0) is 13.8 Å². The molecule has 0 saturated carbocycles. The standard InChI is InChI=1S/C13H24N6O2/c1-5-19(8-13(20)18(3)4)12-7-10(17-14)15-11(16-12)9-21-6-2/h7H,5-6,8-9,14H2,1-4H3,(H,15,16,17). The summed E-state index contributed by atoms with van der Waals surface area (Å²) in [6.45, 7) is 5.64. The van der Waals surface area contributed by atoms with Gasteiger partial charge in [-0.3, -0.25) is 4.79 Å². The topological polar surface area (TPSA) is 96.6 Å². The first kappa shape index (κ1) is 17.1. The first-order chi connectivity index (χ1) is 10.0. The molecule has 0 atom stereocenters. The van der Waals surface area contributed by atoms with Crippen LogP contribution in [0.15, 0.2) is 6.07 Å². The molecule has 8 nitrogen and oxygen atoms in total. The Morgan fingerprint density at radius 3 is 2.62 bits per heavy atom. The number of carbonyl (C=O) groups is 1. The van der Waals surface area contributed by atoms with Crippen LogP contribution in [0.25, 0.3) is 0 Å². The van der Waals surface area contributed by atoms with Crippen molar-refractivity contribution in [3.63, 3.8) is 0 Å². The minimum absolute atomic E-state index is 0.00378. The summed E-state index contributed by atoms with van der Waals surface area (Å²) in [5.41, 5.74) is 2.51. The van der Waals surface area contributed by atoms with Gasteiger partial charge < -0.3 is 20.0 Å². The van der Waals surface area contributed by atoms with E-state index in [1.165, 1.54) is 0 Å². The van der Waals surface area contributed by atoms with Crippen LogP contribution in [0.3, 0.4) is 0 Å². The maximum atomic E-state index is 11.9. The lowest BCUT2D eigenvalue weighted by Crippen LogP contribution is -2.37. The number of hydrogen-bond acceptors (Lipinski definition) is 7. The van der Waals surface area contributed by atoms with Gasteiger partial charge in [0.15, 0.2) is 5.82 Å². The van der Waals surface area contributed by atoms with E-state index in [2.05, 4.69) is 15.4 Å². The number of nitrogens with one attached hydrogen (secondary N) is 1. The Labute approximate surface area is 125 Å². The second-order valence-electron chi connectivity index (χ2n) is 4.61. The Hall–Kier alpha value is -1.93. The lowest BCUT2D eigenvalue weighted by Gasteiger charge is -2.24. The number of ether oxygens (including phenoxy) is 1. The minimum atomic E-state index is 0.00378. The molecule has 8 heteroatoms. The average molecular weight is 296 g/mol. The van der Waals surface area contributed by atoms with Gasteiger partial charge in [0.25, 0.3) is 0 Å². The molecule has 1 heterocycles. The molecule has 21 heavy (non-hydrogen) atoms. The zero-order chi connectivity index (χ0) is 15.8. The minimum Gasteiger partial charge on any atom is -0.374 e. The SMILES string of the molecule is CCOCc1nc(NN)cc(N(CC)CC(=O)N(C)C)n1. The van der Waals surface area contributed by atoms with Gasteiger partial charge in [-0.25, -0.2) is 15.8 Å². The summed E-state index contributed by atoms with van der Waals surface area (Å²) in [5.74, 6) is 7.10. The lowest BCUT2D eigenvalue weighted by atomic mass is 10.4. The van der Waals surface area contributed by atoms with Crippen LogP contribution in [0.1, 0.15) is 19.7 Å². The van der Waals surface area contributed by atoms with E-state index in [1.54, 1.807) is 25.1 Å². The molecule has 0 radical (unpaired) electrons. The Morgan fingerprint density at radius 2 is 2.10 bits per heavy atom. The third-order valence-electron chi connectivity index (χ3n) is 2.87. The molecule has 3 N–H and O–H groups in total. The van der Waals surface area contributed by atoms with Crippen LogP contribution < -0.4 is 16.2 Å². The van der Waals surface area contributed by atoms with Crippen LogP contribution in [0.2, 0.25) is 0 Å². The van der Waals surface area contributed by atoms with Gasteiger partial charge in [0.05, 0.1) is 6.54 Å². The number of anilines is 2. The van der Waals surface area contributed by atoms with Crippen LogP contribution in [0, 0.1) is 0 Å². The number of nitrogen functional groups attached to an aromatic ring is 1. The number of amides is 1. The van der Waals surface area contributed by atoms with Crippen LogP contribution in [-0.2, 0) is 16.1 Å². The molecule has 0 aliphatic rings. The third-order valence-corrected chi connectivity index (χ3v) is 2.87. The molecule has 1 amide bonds. The van der Waals surface area contributed by atoms with E-state index in [1.807, 2.05) is 18.7 Å². The van der Waals surface area contributed by atoms with Gasteiger partial charge in [0, 0.05) is 33.3 Å². The zero-order valence-corrected chi connectivity index (χ0v) is 13.1. The number of nitrogens with two attached hydrogens (primary N) is 1. The van der Waals surface area contributed by atoms with Crippen LogP contribution >= 0.6 is 0 Å². The van der Waals surface area contributed by atoms with E-state index in [0.29, 0.717) is 37.2 Å². The number of rotatable bonds is 8. The van der Waals surface area contributed by atoms with Gasteiger partial charge in [-0.1, -0.05) is 0 Å². The van der Waals surface area contributed by atoms with E-state index in [0.717, 1.165) is 0 Å². The first-order valence-corrected chi connectivity index (χ1v) is 6.89. The molecule has 0 saturated heterocycles. The average Bonchev–Trinajstić information content (AvgIpc) is 2.49. The molecule has 0 spiro atoms. The highest BCUT2D eigenvalue weighted by Gasteiger charge is 2.15. The molecule has 1 rings (SSSR count). The highest BCUT2D eigenvalue weighted by molar-refractivity contribution is 5.80. The number of hydrazine groups is 1. The van der Waals surface area contributed by atoms with E-state index < -0.39 is 0 Å². The van der Waals surface area contributed by atoms with Crippen molar-refractivity contribution in [2.45, 2.75) is 20.5 Å². The summed E-state index contributed by atoms with van der Waals surface area (Å²) in [6.07, 6.45) is 0. The summed E-state index contributed by atoms with van der Waals surface area (Å²) < 4.78 is 5.32. The Balaban J connectivity index is 2.98. The first-order valence-electron chi connectivity index (χ1n) is 6.89. The molecule has 0 fully saturated rings. The van der Waals surface area contributed by atoms with Crippen molar-refractivity contribution < 1.29 is 9.53 Å². The maximum absolute atomic E-state index is 11.9. The van der Waals surface area contributed by atoms with Crippen LogP contribution in [-0.4, -0.2) is 54.6 Å². The third kappa shape index (κ3) is 5.16. The smallest absolute Gasteiger partial charge is 0.241 e. The molecule has 118 valence electrons. The Bertz CT molecular complexity index is 466. The predicted octanol–water partition coefficient (Wildman–Crippen LogP) is 0.213. The Kier molecular flexibility index (Phi) is 6.83. The normalized spacial score (nSPS) is 10.3. The molecule has 0 aliphatic heterocycles. The van der Waals surface area contributed by atoms with Crippen molar-refractivity contribution in [3.05, 3.63) is 11.9 Å². The van der Waals surface area contributed by atoms with Gasteiger partial charge in [0.1, 0.15) is 18.2 Å². The summed E-state index contributed by atoms with van der Waals surface area (Å²) in [4.78, 5) is 23.9. The molecular weight excluding hydrogens is 272 g/mol. The summed E-state index contributed by atoms with van der Waals surface area (Å²) >= 11 is 0. The quantitative estimate of drug-likeness (QED) is 0.523. The molecule has 0 aromatic carbocycles. The Morgan fingerprint density at radius 1 is 1.38 bits per heavy atom. The van der Waals surface area contributed by atoms with E-state index in [-0.39, 0.29) is 12.5 Å². The molecule has 0 bridgehead atoms. The van der Waals surface area contributed by atoms with Crippen molar-refractivity contribution in [1.29, 1.82) is 0 Å². The highest BCUT2D eigenvalue weighted by Crippen LogP contribution is 2.16. The molecule has 0 aliphatic carbocycles. The largest absolute Gasteiger partial charge is 0.374 e. The second-order valence-corrected chi connectivity index (χ2v) is 4.61. The fourth-order valence-corrected chi connectivity index (χ4v) is 1.64. The van der Waals surface area contributed by atoms with Crippen LogP contribution in [0.4, 0.5) is 11.6 Å². The van der Waals surface area contributed by atoms with Crippen molar-refractivity contribution in [3.8, 4) is 0 Å². The van der Waals surface area contributed by atoms with E-state index in [4.69, 9.17) is 10.6 Å². The molecule has 1 aromatic rings. The fourth-order valence-electron chi connectivity index (χ4n) is 1.64.